The van der Waals surface area contributed by atoms with Gasteiger partial charge < -0.3 is 10.5 Å². The number of ether oxygens (including phenoxy) is 1. The summed E-state index contributed by atoms with van der Waals surface area (Å²) in [6.45, 7) is 3.51. The molecule has 0 fully saturated rings. The van der Waals surface area contributed by atoms with Crippen LogP contribution in [0, 0.1) is 0 Å². The molecule has 2 N–H and O–H groups in total. The fourth-order valence-electron chi connectivity index (χ4n) is 1.13. The zero-order valence-corrected chi connectivity index (χ0v) is 12.3. The summed E-state index contributed by atoms with van der Waals surface area (Å²) >= 11 is 4.93. The van der Waals surface area contributed by atoms with Gasteiger partial charge in [0.1, 0.15) is 5.75 Å². The molecule has 94 valence electrons. The lowest BCUT2D eigenvalue weighted by molar-refractivity contribution is 0.344. The van der Waals surface area contributed by atoms with Gasteiger partial charge in [-0.25, -0.2) is 0 Å². The summed E-state index contributed by atoms with van der Waals surface area (Å²) in [6, 6.07) is 7.80. The lowest BCUT2D eigenvalue weighted by Gasteiger charge is -2.06. The van der Waals surface area contributed by atoms with Crippen LogP contribution >= 0.6 is 27.7 Å². The molecule has 0 aromatic heterocycles. The number of nitrogens with zero attached hydrogens (tertiary/aromatic N) is 1. The molecule has 17 heavy (non-hydrogen) atoms. The highest BCUT2D eigenvalue weighted by Gasteiger charge is 1.97. The topological polar surface area (TPSA) is 47.6 Å². The van der Waals surface area contributed by atoms with E-state index in [0.29, 0.717) is 11.8 Å². The van der Waals surface area contributed by atoms with E-state index in [2.05, 4.69) is 27.8 Å². The van der Waals surface area contributed by atoms with Crippen LogP contribution in [0.5, 0.6) is 5.75 Å². The normalized spacial score (nSPS) is 11.5. The van der Waals surface area contributed by atoms with Crippen LogP contribution in [0.25, 0.3) is 0 Å². The zero-order chi connectivity index (χ0) is 12.5. The summed E-state index contributed by atoms with van der Waals surface area (Å²) in [4.78, 5) is 4.20. The van der Waals surface area contributed by atoms with Crippen LogP contribution in [0.2, 0.25) is 0 Å². The van der Waals surface area contributed by atoms with Crippen LogP contribution in [-0.2, 0) is 0 Å². The van der Waals surface area contributed by atoms with Gasteiger partial charge in [0.15, 0.2) is 5.17 Å². The number of halogens is 1. The highest BCUT2D eigenvalue weighted by Crippen LogP contribution is 2.17. The summed E-state index contributed by atoms with van der Waals surface area (Å²) < 4.78 is 6.60. The maximum atomic E-state index is 5.71. The molecule has 1 aromatic rings. The van der Waals surface area contributed by atoms with Gasteiger partial charge in [-0.15, -0.1) is 0 Å². The van der Waals surface area contributed by atoms with Crippen molar-refractivity contribution in [1.82, 2.24) is 0 Å². The maximum Gasteiger partial charge on any atom is 0.154 e. The van der Waals surface area contributed by atoms with Gasteiger partial charge in [-0.1, -0.05) is 40.7 Å². The summed E-state index contributed by atoms with van der Waals surface area (Å²) in [5.74, 6) is 1.68. The first-order valence-electron chi connectivity index (χ1n) is 5.53. The Bertz CT molecular complexity index is 371. The predicted octanol–water partition coefficient (Wildman–Crippen LogP) is 3.29. The SMILES string of the molecule is CCCN=C(N)SCCOc1cccc(Br)c1. The summed E-state index contributed by atoms with van der Waals surface area (Å²) in [7, 11) is 0. The van der Waals surface area contributed by atoms with Crippen LogP contribution in [0.3, 0.4) is 0 Å². The number of aliphatic imine (C=N–C) groups is 1. The molecule has 0 aliphatic carbocycles. The molecule has 0 unspecified atom stereocenters. The monoisotopic (exact) mass is 316 g/mol. The minimum absolute atomic E-state index is 0.628. The van der Waals surface area contributed by atoms with Crippen molar-refractivity contribution in [3.8, 4) is 5.75 Å². The predicted molar refractivity (Wildman–Crippen MR) is 78.9 cm³/mol. The Morgan fingerprint density at radius 1 is 1.53 bits per heavy atom. The second-order valence-electron chi connectivity index (χ2n) is 3.37. The van der Waals surface area contributed by atoms with Gasteiger partial charge in [-0.3, -0.25) is 4.99 Å². The summed E-state index contributed by atoms with van der Waals surface area (Å²) in [6.07, 6.45) is 1.02. The van der Waals surface area contributed by atoms with Crippen LogP contribution in [-0.4, -0.2) is 24.1 Å². The Hall–Kier alpha value is -0.680. The van der Waals surface area contributed by atoms with Gasteiger partial charge in [0.2, 0.25) is 0 Å². The number of benzene rings is 1. The van der Waals surface area contributed by atoms with Crippen molar-refractivity contribution in [2.24, 2.45) is 10.7 Å². The van der Waals surface area contributed by atoms with E-state index in [1.165, 1.54) is 11.8 Å². The average Bonchev–Trinajstić information content (AvgIpc) is 2.32. The molecule has 0 aliphatic heterocycles. The second-order valence-corrected chi connectivity index (χ2v) is 5.41. The molecule has 0 heterocycles. The quantitative estimate of drug-likeness (QED) is 0.497. The Morgan fingerprint density at radius 3 is 3.06 bits per heavy atom. The first-order chi connectivity index (χ1) is 8.22. The van der Waals surface area contributed by atoms with Gasteiger partial charge in [0.05, 0.1) is 6.61 Å². The van der Waals surface area contributed by atoms with Gasteiger partial charge in [-0.2, -0.15) is 0 Å². The van der Waals surface area contributed by atoms with E-state index in [-0.39, 0.29) is 0 Å². The average molecular weight is 317 g/mol. The molecule has 0 saturated carbocycles. The van der Waals surface area contributed by atoms with Crippen molar-refractivity contribution in [1.29, 1.82) is 0 Å². The lowest BCUT2D eigenvalue weighted by Crippen LogP contribution is -2.11. The number of thioether (sulfide) groups is 1. The Morgan fingerprint density at radius 2 is 2.35 bits per heavy atom. The molecular weight excluding hydrogens is 300 g/mol. The smallest absolute Gasteiger partial charge is 0.154 e. The van der Waals surface area contributed by atoms with Gasteiger partial charge >= 0.3 is 0 Å². The fourth-order valence-corrected chi connectivity index (χ4v) is 2.07. The lowest BCUT2D eigenvalue weighted by atomic mass is 10.3. The first kappa shape index (κ1) is 14.4. The number of rotatable bonds is 6. The molecule has 0 bridgehead atoms. The summed E-state index contributed by atoms with van der Waals surface area (Å²) in [5, 5.41) is 0.643. The third-order valence-corrected chi connectivity index (χ3v) is 3.18. The second kappa shape index (κ2) is 8.42. The molecule has 0 aliphatic rings. The molecule has 0 saturated heterocycles. The van der Waals surface area contributed by atoms with E-state index in [1.807, 2.05) is 24.3 Å². The van der Waals surface area contributed by atoms with Crippen LogP contribution < -0.4 is 10.5 Å². The highest BCUT2D eigenvalue weighted by molar-refractivity contribution is 9.10. The molecule has 0 spiro atoms. The molecule has 1 rings (SSSR count). The van der Waals surface area contributed by atoms with E-state index in [9.17, 15) is 0 Å². The number of hydrogen-bond acceptors (Lipinski definition) is 3. The molecule has 1 aromatic carbocycles. The number of hydrogen-bond donors (Lipinski definition) is 1. The molecule has 0 radical (unpaired) electrons. The third-order valence-electron chi connectivity index (χ3n) is 1.89. The Labute approximate surface area is 115 Å². The van der Waals surface area contributed by atoms with Gasteiger partial charge in [0.25, 0.3) is 0 Å². The maximum absolute atomic E-state index is 5.71. The van der Waals surface area contributed by atoms with Crippen molar-refractivity contribution in [3.63, 3.8) is 0 Å². The minimum Gasteiger partial charge on any atom is -0.493 e. The van der Waals surface area contributed by atoms with Crippen molar-refractivity contribution in [3.05, 3.63) is 28.7 Å². The van der Waals surface area contributed by atoms with E-state index in [1.54, 1.807) is 0 Å². The highest BCUT2D eigenvalue weighted by atomic mass is 79.9. The van der Waals surface area contributed by atoms with Crippen LogP contribution in [0.4, 0.5) is 0 Å². The standard InChI is InChI=1S/C12H17BrN2OS/c1-2-6-15-12(14)17-8-7-16-11-5-3-4-10(13)9-11/h3-5,9H,2,6-8H2,1H3,(H2,14,15). The zero-order valence-electron chi connectivity index (χ0n) is 9.86. The molecule has 0 amide bonds. The van der Waals surface area contributed by atoms with E-state index in [0.717, 1.165) is 28.9 Å². The fraction of sp³-hybridized carbons (Fsp3) is 0.417. The Kier molecular flexibility index (Phi) is 7.12. The van der Waals surface area contributed by atoms with Crippen molar-refractivity contribution >= 4 is 32.9 Å². The van der Waals surface area contributed by atoms with Gasteiger partial charge in [0, 0.05) is 16.8 Å². The minimum atomic E-state index is 0.628. The molecule has 3 nitrogen and oxygen atoms in total. The van der Waals surface area contributed by atoms with E-state index < -0.39 is 0 Å². The molecule has 0 atom stereocenters. The van der Waals surface area contributed by atoms with Crippen molar-refractivity contribution in [2.75, 3.05) is 18.9 Å². The largest absolute Gasteiger partial charge is 0.493 e. The van der Waals surface area contributed by atoms with Crippen LogP contribution in [0.15, 0.2) is 33.7 Å². The third kappa shape index (κ3) is 6.58. The Balaban J connectivity index is 2.20. The molecular formula is C12H17BrN2OS. The van der Waals surface area contributed by atoms with Crippen molar-refractivity contribution < 1.29 is 4.74 Å². The first-order valence-corrected chi connectivity index (χ1v) is 7.31. The van der Waals surface area contributed by atoms with Gasteiger partial charge in [-0.05, 0) is 24.6 Å². The van der Waals surface area contributed by atoms with Crippen LogP contribution in [0.1, 0.15) is 13.3 Å². The summed E-state index contributed by atoms with van der Waals surface area (Å²) in [5.41, 5.74) is 5.71. The molecule has 5 heteroatoms. The van der Waals surface area contributed by atoms with E-state index in [4.69, 9.17) is 10.5 Å². The van der Waals surface area contributed by atoms with Crippen molar-refractivity contribution in [2.45, 2.75) is 13.3 Å². The number of nitrogens with two attached hydrogens (primary N) is 1. The number of amidine groups is 1. The van der Waals surface area contributed by atoms with E-state index >= 15 is 0 Å².